The molecule has 8 heteroatoms. The van der Waals surface area contributed by atoms with Crippen LogP contribution >= 0.6 is 11.6 Å². The SMILES string of the molecule is CCN(C(=O)COC(=O)/C=C/c1ccc(Cl)c([N+](=O)[O-])c1)C1=CCCC1. The van der Waals surface area contributed by atoms with Crippen molar-refractivity contribution in [3.8, 4) is 0 Å². The molecule has 138 valence electrons. The Morgan fingerprint density at radius 1 is 1.42 bits per heavy atom. The average molecular weight is 379 g/mol. The number of ether oxygens (including phenoxy) is 1. The summed E-state index contributed by atoms with van der Waals surface area (Å²) in [6.07, 6.45) is 7.33. The van der Waals surface area contributed by atoms with Crippen molar-refractivity contribution in [1.29, 1.82) is 0 Å². The third-order valence-corrected chi connectivity index (χ3v) is 4.22. The number of hydrogen-bond donors (Lipinski definition) is 0. The van der Waals surface area contributed by atoms with Crippen LogP contribution in [0, 0.1) is 10.1 Å². The second kappa shape index (κ2) is 9.15. The first-order chi connectivity index (χ1) is 12.4. The Labute approximate surface area is 156 Å². The van der Waals surface area contributed by atoms with E-state index in [4.69, 9.17) is 16.3 Å². The lowest BCUT2D eigenvalue weighted by molar-refractivity contribution is -0.384. The largest absolute Gasteiger partial charge is 0.452 e. The van der Waals surface area contributed by atoms with Gasteiger partial charge in [-0.2, -0.15) is 0 Å². The number of carbonyl (C=O) groups is 2. The number of rotatable bonds is 7. The fraction of sp³-hybridized carbons (Fsp3) is 0.333. The average Bonchev–Trinajstić information content (AvgIpc) is 3.13. The summed E-state index contributed by atoms with van der Waals surface area (Å²) < 4.78 is 4.97. The summed E-state index contributed by atoms with van der Waals surface area (Å²) in [6.45, 7) is 2.04. The Bertz CT molecular complexity index is 773. The fourth-order valence-corrected chi connectivity index (χ4v) is 2.82. The summed E-state index contributed by atoms with van der Waals surface area (Å²) in [6, 6.07) is 4.17. The highest BCUT2D eigenvalue weighted by Gasteiger charge is 2.19. The molecule has 0 aromatic heterocycles. The zero-order valence-corrected chi connectivity index (χ0v) is 15.1. The van der Waals surface area contributed by atoms with E-state index in [1.165, 1.54) is 24.3 Å². The third kappa shape index (κ3) is 5.16. The van der Waals surface area contributed by atoms with Gasteiger partial charge in [-0.05, 0) is 43.9 Å². The minimum Gasteiger partial charge on any atom is -0.452 e. The van der Waals surface area contributed by atoms with Gasteiger partial charge in [0.25, 0.3) is 11.6 Å². The van der Waals surface area contributed by atoms with Crippen LogP contribution in [0.15, 0.2) is 36.0 Å². The number of amides is 1. The molecule has 7 nitrogen and oxygen atoms in total. The third-order valence-electron chi connectivity index (χ3n) is 3.90. The summed E-state index contributed by atoms with van der Waals surface area (Å²) in [7, 11) is 0. The Balaban J connectivity index is 1.92. The van der Waals surface area contributed by atoms with E-state index in [0.29, 0.717) is 12.1 Å². The number of carbonyl (C=O) groups excluding carboxylic acids is 2. The molecule has 0 radical (unpaired) electrons. The number of hydrogen-bond acceptors (Lipinski definition) is 5. The molecule has 0 saturated carbocycles. The van der Waals surface area contributed by atoms with Crippen molar-refractivity contribution < 1.29 is 19.2 Å². The predicted octanol–water partition coefficient (Wildman–Crippen LogP) is 3.72. The molecule has 0 fully saturated rings. The van der Waals surface area contributed by atoms with Crippen LogP contribution in [-0.4, -0.2) is 34.9 Å². The number of halogens is 1. The van der Waals surface area contributed by atoms with Crippen molar-refractivity contribution in [3.63, 3.8) is 0 Å². The molecule has 0 saturated heterocycles. The number of benzene rings is 1. The van der Waals surface area contributed by atoms with Crippen LogP contribution in [0.3, 0.4) is 0 Å². The van der Waals surface area contributed by atoms with E-state index in [9.17, 15) is 19.7 Å². The topological polar surface area (TPSA) is 89.8 Å². The van der Waals surface area contributed by atoms with Crippen LogP contribution in [0.1, 0.15) is 31.7 Å². The standard InChI is InChI=1S/C18H19ClN2O5/c1-2-20(14-5-3-4-6-14)17(22)12-26-18(23)10-8-13-7-9-15(19)16(11-13)21(24)25/h5,7-11H,2-4,6,12H2,1H3/b10-8+. The molecular formula is C18H19ClN2O5. The molecule has 0 atom stereocenters. The van der Waals surface area contributed by atoms with E-state index in [1.54, 1.807) is 4.90 Å². The van der Waals surface area contributed by atoms with Crippen molar-refractivity contribution in [1.82, 2.24) is 4.90 Å². The van der Waals surface area contributed by atoms with Crippen LogP contribution in [0.2, 0.25) is 5.02 Å². The molecule has 0 aliphatic heterocycles. The monoisotopic (exact) mass is 378 g/mol. The van der Waals surface area contributed by atoms with Gasteiger partial charge in [-0.1, -0.05) is 23.7 Å². The molecule has 1 aliphatic rings. The van der Waals surface area contributed by atoms with Gasteiger partial charge in [0.2, 0.25) is 0 Å². The number of allylic oxidation sites excluding steroid dienone is 2. The van der Waals surface area contributed by atoms with E-state index in [-0.39, 0.29) is 23.2 Å². The van der Waals surface area contributed by atoms with Gasteiger partial charge in [-0.15, -0.1) is 0 Å². The Kier molecular flexibility index (Phi) is 6.91. The Hall–Kier alpha value is -2.67. The number of nitro groups is 1. The van der Waals surface area contributed by atoms with Crippen molar-refractivity contribution >= 4 is 35.2 Å². The number of likely N-dealkylation sites (N-methyl/N-ethyl adjacent to an activating group) is 1. The van der Waals surface area contributed by atoms with Crippen LogP contribution in [-0.2, 0) is 14.3 Å². The minimum atomic E-state index is -0.701. The first-order valence-electron chi connectivity index (χ1n) is 8.20. The molecule has 2 rings (SSSR count). The van der Waals surface area contributed by atoms with Gasteiger partial charge < -0.3 is 9.64 Å². The highest BCUT2D eigenvalue weighted by Crippen LogP contribution is 2.25. The minimum absolute atomic E-state index is 0.0150. The summed E-state index contributed by atoms with van der Waals surface area (Å²) in [5.41, 5.74) is 1.15. The van der Waals surface area contributed by atoms with Gasteiger partial charge in [0.05, 0.1) is 4.92 Å². The molecule has 0 bridgehead atoms. The second-order valence-corrected chi connectivity index (χ2v) is 6.04. The highest BCUT2D eigenvalue weighted by atomic mass is 35.5. The maximum atomic E-state index is 12.2. The number of nitro benzene ring substituents is 1. The number of esters is 1. The Morgan fingerprint density at radius 2 is 2.19 bits per heavy atom. The maximum absolute atomic E-state index is 12.2. The predicted molar refractivity (Wildman–Crippen MR) is 97.4 cm³/mol. The molecule has 1 aliphatic carbocycles. The van der Waals surface area contributed by atoms with Gasteiger partial charge in [-0.25, -0.2) is 4.79 Å². The van der Waals surface area contributed by atoms with Crippen LogP contribution in [0.4, 0.5) is 5.69 Å². The quantitative estimate of drug-likeness (QED) is 0.312. The van der Waals surface area contributed by atoms with Crippen molar-refractivity contribution in [2.24, 2.45) is 0 Å². The summed E-state index contributed by atoms with van der Waals surface area (Å²) in [5.74, 6) is -0.975. The molecule has 26 heavy (non-hydrogen) atoms. The van der Waals surface area contributed by atoms with Crippen molar-refractivity contribution in [2.75, 3.05) is 13.2 Å². The number of nitrogens with zero attached hydrogens (tertiary/aromatic N) is 2. The van der Waals surface area contributed by atoms with E-state index >= 15 is 0 Å². The molecule has 0 spiro atoms. The lowest BCUT2D eigenvalue weighted by atomic mass is 10.2. The van der Waals surface area contributed by atoms with Crippen molar-refractivity contribution in [2.45, 2.75) is 26.2 Å². The summed E-state index contributed by atoms with van der Waals surface area (Å²) in [4.78, 5) is 35.8. The van der Waals surface area contributed by atoms with Gasteiger partial charge in [0.15, 0.2) is 6.61 Å². The summed E-state index contributed by atoms with van der Waals surface area (Å²) in [5, 5.41) is 10.9. The highest BCUT2D eigenvalue weighted by molar-refractivity contribution is 6.32. The molecule has 0 unspecified atom stereocenters. The van der Waals surface area contributed by atoms with Gasteiger partial charge in [-0.3, -0.25) is 14.9 Å². The molecule has 1 aromatic rings. The van der Waals surface area contributed by atoms with Crippen LogP contribution in [0.25, 0.3) is 6.08 Å². The first-order valence-corrected chi connectivity index (χ1v) is 8.58. The van der Waals surface area contributed by atoms with E-state index in [1.807, 2.05) is 13.0 Å². The van der Waals surface area contributed by atoms with E-state index in [2.05, 4.69) is 0 Å². The van der Waals surface area contributed by atoms with Crippen LogP contribution in [0.5, 0.6) is 0 Å². The normalized spacial score (nSPS) is 13.5. The fourth-order valence-electron chi connectivity index (χ4n) is 2.64. The Morgan fingerprint density at radius 3 is 2.81 bits per heavy atom. The van der Waals surface area contributed by atoms with Gasteiger partial charge in [0.1, 0.15) is 5.02 Å². The van der Waals surface area contributed by atoms with Crippen LogP contribution < -0.4 is 0 Å². The van der Waals surface area contributed by atoms with E-state index < -0.39 is 10.9 Å². The smallest absolute Gasteiger partial charge is 0.331 e. The zero-order chi connectivity index (χ0) is 19.1. The molecule has 1 amide bonds. The lowest BCUT2D eigenvalue weighted by Gasteiger charge is -2.21. The molecule has 1 aromatic carbocycles. The summed E-state index contributed by atoms with van der Waals surface area (Å²) >= 11 is 5.73. The van der Waals surface area contributed by atoms with E-state index in [0.717, 1.165) is 31.0 Å². The first kappa shape index (κ1) is 19.7. The lowest BCUT2D eigenvalue weighted by Crippen LogP contribution is -2.33. The van der Waals surface area contributed by atoms with Crippen molar-refractivity contribution in [3.05, 3.63) is 56.7 Å². The molecule has 0 N–H and O–H groups in total. The van der Waals surface area contributed by atoms with Gasteiger partial charge >= 0.3 is 5.97 Å². The molecule has 0 heterocycles. The zero-order valence-electron chi connectivity index (χ0n) is 14.3. The maximum Gasteiger partial charge on any atom is 0.331 e. The van der Waals surface area contributed by atoms with Gasteiger partial charge in [0, 0.05) is 24.4 Å². The molecular weight excluding hydrogens is 360 g/mol. The second-order valence-electron chi connectivity index (χ2n) is 5.63.